The van der Waals surface area contributed by atoms with Crippen LogP contribution in [0.4, 0.5) is 0 Å². The SMILES string of the molecule is C[C@H](OC(=O)[C@H]1CC=CCC1)C(=O)NNC(=O)c1ccccc1. The van der Waals surface area contributed by atoms with Crippen LogP contribution in [0.2, 0.25) is 0 Å². The maximum atomic E-state index is 11.9. The van der Waals surface area contributed by atoms with Crippen molar-refractivity contribution < 1.29 is 19.1 Å². The van der Waals surface area contributed by atoms with Crippen LogP contribution in [0, 0.1) is 5.92 Å². The first-order valence-corrected chi connectivity index (χ1v) is 7.58. The summed E-state index contributed by atoms with van der Waals surface area (Å²) in [5.41, 5.74) is 4.97. The summed E-state index contributed by atoms with van der Waals surface area (Å²) >= 11 is 0. The van der Waals surface area contributed by atoms with Crippen molar-refractivity contribution in [1.82, 2.24) is 10.9 Å². The topological polar surface area (TPSA) is 84.5 Å². The van der Waals surface area contributed by atoms with E-state index in [9.17, 15) is 14.4 Å². The number of esters is 1. The monoisotopic (exact) mass is 316 g/mol. The van der Waals surface area contributed by atoms with Gasteiger partial charge in [0.15, 0.2) is 6.10 Å². The molecule has 2 rings (SSSR count). The second-order valence-corrected chi connectivity index (χ2v) is 5.37. The number of amides is 2. The number of rotatable bonds is 4. The Morgan fingerprint density at radius 1 is 1.13 bits per heavy atom. The summed E-state index contributed by atoms with van der Waals surface area (Å²) in [6.45, 7) is 1.47. The van der Waals surface area contributed by atoms with Crippen LogP contribution in [0.1, 0.15) is 36.5 Å². The number of hydrogen-bond acceptors (Lipinski definition) is 4. The highest BCUT2D eigenvalue weighted by molar-refractivity contribution is 5.95. The highest BCUT2D eigenvalue weighted by Crippen LogP contribution is 2.20. The lowest BCUT2D eigenvalue weighted by molar-refractivity contribution is -0.159. The average Bonchev–Trinajstić information content (AvgIpc) is 2.60. The molecule has 6 nitrogen and oxygen atoms in total. The first kappa shape index (κ1) is 16.7. The van der Waals surface area contributed by atoms with Gasteiger partial charge in [0.2, 0.25) is 0 Å². The van der Waals surface area contributed by atoms with E-state index >= 15 is 0 Å². The predicted octanol–water partition coefficient (Wildman–Crippen LogP) is 1.74. The summed E-state index contributed by atoms with van der Waals surface area (Å²) in [4.78, 5) is 35.6. The molecule has 2 N–H and O–H groups in total. The van der Waals surface area contributed by atoms with Crippen LogP contribution in [0.15, 0.2) is 42.5 Å². The molecule has 2 amide bonds. The molecule has 122 valence electrons. The van der Waals surface area contributed by atoms with Crippen molar-refractivity contribution in [3.63, 3.8) is 0 Å². The molecule has 1 aromatic carbocycles. The van der Waals surface area contributed by atoms with Crippen LogP contribution in [0.5, 0.6) is 0 Å². The molecule has 0 bridgehead atoms. The molecular weight excluding hydrogens is 296 g/mol. The van der Waals surface area contributed by atoms with Crippen LogP contribution in [-0.4, -0.2) is 23.9 Å². The maximum absolute atomic E-state index is 11.9. The third-order valence-corrected chi connectivity index (χ3v) is 3.60. The molecule has 0 saturated heterocycles. The van der Waals surface area contributed by atoms with E-state index in [4.69, 9.17) is 4.74 Å². The van der Waals surface area contributed by atoms with Gasteiger partial charge in [-0.3, -0.25) is 25.2 Å². The number of carbonyl (C=O) groups is 3. The Morgan fingerprint density at radius 3 is 2.52 bits per heavy atom. The zero-order valence-electron chi connectivity index (χ0n) is 13.0. The van der Waals surface area contributed by atoms with E-state index in [1.54, 1.807) is 30.3 Å². The third kappa shape index (κ3) is 4.95. The van der Waals surface area contributed by atoms with E-state index in [-0.39, 0.29) is 11.9 Å². The van der Waals surface area contributed by atoms with E-state index < -0.39 is 17.9 Å². The van der Waals surface area contributed by atoms with Gasteiger partial charge in [0.1, 0.15) is 0 Å². The van der Waals surface area contributed by atoms with E-state index in [0.717, 1.165) is 12.8 Å². The second kappa shape index (κ2) is 8.12. The molecule has 0 saturated carbocycles. The summed E-state index contributed by atoms with van der Waals surface area (Å²) in [6.07, 6.45) is 5.21. The minimum atomic E-state index is -0.968. The Labute approximate surface area is 134 Å². The van der Waals surface area contributed by atoms with Gasteiger partial charge in [-0.25, -0.2) is 0 Å². The van der Waals surface area contributed by atoms with E-state index in [2.05, 4.69) is 10.9 Å². The predicted molar refractivity (Wildman–Crippen MR) is 84.1 cm³/mol. The van der Waals surface area contributed by atoms with Gasteiger partial charge in [0.25, 0.3) is 11.8 Å². The molecule has 0 unspecified atom stereocenters. The number of carbonyl (C=O) groups excluding carboxylic acids is 3. The van der Waals surface area contributed by atoms with Crippen molar-refractivity contribution in [3.8, 4) is 0 Å². The summed E-state index contributed by atoms with van der Waals surface area (Å²) < 4.78 is 5.15. The van der Waals surface area contributed by atoms with E-state index in [1.165, 1.54) is 6.92 Å². The Balaban J connectivity index is 1.77. The number of ether oxygens (including phenoxy) is 1. The molecule has 0 aromatic heterocycles. The molecule has 6 heteroatoms. The van der Waals surface area contributed by atoms with Crippen LogP contribution >= 0.6 is 0 Å². The Kier molecular flexibility index (Phi) is 5.91. The van der Waals surface area contributed by atoms with Crippen molar-refractivity contribution in [2.45, 2.75) is 32.3 Å². The third-order valence-electron chi connectivity index (χ3n) is 3.60. The minimum Gasteiger partial charge on any atom is -0.452 e. The van der Waals surface area contributed by atoms with Crippen molar-refractivity contribution in [2.24, 2.45) is 5.92 Å². The molecule has 0 aliphatic heterocycles. The zero-order valence-corrected chi connectivity index (χ0v) is 13.0. The van der Waals surface area contributed by atoms with Gasteiger partial charge in [0, 0.05) is 5.56 Å². The van der Waals surface area contributed by atoms with Gasteiger partial charge in [-0.2, -0.15) is 0 Å². The first-order chi connectivity index (χ1) is 11.1. The largest absolute Gasteiger partial charge is 0.452 e. The smallest absolute Gasteiger partial charge is 0.310 e. The normalized spacial score (nSPS) is 17.9. The molecule has 0 fully saturated rings. The fourth-order valence-corrected chi connectivity index (χ4v) is 2.21. The van der Waals surface area contributed by atoms with Crippen molar-refractivity contribution in [2.75, 3.05) is 0 Å². The lowest BCUT2D eigenvalue weighted by Gasteiger charge is -2.19. The van der Waals surface area contributed by atoms with Gasteiger partial charge in [-0.15, -0.1) is 0 Å². The fraction of sp³-hybridized carbons (Fsp3) is 0.353. The molecule has 1 aromatic rings. The fourth-order valence-electron chi connectivity index (χ4n) is 2.21. The van der Waals surface area contributed by atoms with Gasteiger partial charge in [-0.05, 0) is 38.3 Å². The summed E-state index contributed by atoms with van der Waals surface area (Å²) in [7, 11) is 0. The second-order valence-electron chi connectivity index (χ2n) is 5.37. The maximum Gasteiger partial charge on any atom is 0.310 e. The van der Waals surface area contributed by atoms with E-state index in [1.807, 2.05) is 12.2 Å². The standard InChI is InChI=1S/C17H20N2O4/c1-12(23-17(22)14-10-6-3-7-11-14)15(20)18-19-16(21)13-8-4-2-5-9-13/h2-6,8-9,12,14H,7,10-11H2,1H3,(H,18,20)(H,19,21)/t12-,14-/m0/s1. The molecule has 1 aliphatic carbocycles. The highest BCUT2D eigenvalue weighted by Gasteiger charge is 2.25. The quantitative estimate of drug-likeness (QED) is 0.503. The van der Waals surface area contributed by atoms with Gasteiger partial charge in [-0.1, -0.05) is 30.4 Å². The van der Waals surface area contributed by atoms with Crippen LogP contribution in [-0.2, 0) is 14.3 Å². The molecule has 2 atom stereocenters. The van der Waals surface area contributed by atoms with Crippen molar-refractivity contribution >= 4 is 17.8 Å². The average molecular weight is 316 g/mol. The lowest BCUT2D eigenvalue weighted by Crippen LogP contribution is -2.47. The van der Waals surface area contributed by atoms with Gasteiger partial charge in [0.05, 0.1) is 5.92 Å². The molecule has 0 spiro atoms. The van der Waals surface area contributed by atoms with Crippen molar-refractivity contribution in [1.29, 1.82) is 0 Å². The summed E-state index contributed by atoms with van der Waals surface area (Å²) in [5.74, 6) is -1.59. The molecule has 23 heavy (non-hydrogen) atoms. The molecular formula is C17H20N2O4. The highest BCUT2D eigenvalue weighted by atomic mass is 16.5. The van der Waals surface area contributed by atoms with Crippen LogP contribution in [0.3, 0.4) is 0 Å². The van der Waals surface area contributed by atoms with E-state index in [0.29, 0.717) is 12.0 Å². The Bertz CT molecular complexity index is 598. The first-order valence-electron chi connectivity index (χ1n) is 7.58. The minimum absolute atomic E-state index is 0.200. The van der Waals surface area contributed by atoms with Crippen LogP contribution < -0.4 is 10.9 Å². The summed E-state index contributed by atoms with van der Waals surface area (Å²) in [5, 5.41) is 0. The number of benzene rings is 1. The molecule has 0 radical (unpaired) electrons. The zero-order chi connectivity index (χ0) is 16.7. The summed E-state index contributed by atoms with van der Waals surface area (Å²) in [6, 6.07) is 8.49. The molecule has 0 heterocycles. The van der Waals surface area contributed by atoms with Crippen LogP contribution in [0.25, 0.3) is 0 Å². The number of nitrogens with one attached hydrogen (secondary N) is 2. The number of allylic oxidation sites excluding steroid dienone is 2. The number of hydrazine groups is 1. The Hall–Kier alpha value is -2.63. The molecule has 1 aliphatic rings. The van der Waals surface area contributed by atoms with Gasteiger partial charge >= 0.3 is 5.97 Å². The van der Waals surface area contributed by atoms with Gasteiger partial charge < -0.3 is 4.74 Å². The Morgan fingerprint density at radius 2 is 1.87 bits per heavy atom. The lowest BCUT2D eigenvalue weighted by atomic mass is 9.95. The van der Waals surface area contributed by atoms with Crippen molar-refractivity contribution in [3.05, 3.63) is 48.0 Å². The number of hydrogen-bond donors (Lipinski definition) is 2.